The Morgan fingerprint density at radius 2 is 1.63 bits per heavy atom. The van der Waals surface area contributed by atoms with Gasteiger partial charge < -0.3 is 44.1 Å². The first-order valence-corrected chi connectivity index (χ1v) is 25.6. The fourth-order valence-electron chi connectivity index (χ4n) is 9.51. The van der Waals surface area contributed by atoms with Crippen molar-refractivity contribution in [3.8, 4) is 28.0 Å². The largest absolute Gasteiger partial charge is 0.491 e. The van der Waals surface area contributed by atoms with E-state index in [4.69, 9.17) is 31.2 Å². The highest BCUT2D eigenvalue weighted by molar-refractivity contribution is 7.81. The maximum Gasteiger partial charge on any atom is 0.417 e. The van der Waals surface area contributed by atoms with Gasteiger partial charge in [-0.05, 0) is 105 Å². The molecule has 0 radical (unpaired) electrons. The lowest BCUT2D eigenvalue weighted by atomic mass is 10.0. The van der Waals surface area contributed by atoms with Gasteiger partial charge in [0.2, 0.25) is 11.8 Å². The van der Waals surface area contributed by atoms with Gasteiger partial charge in [-0.2, -0.15) is 18.4 Å². The lowest BCUT2D eigenvalue weighted by Gasteiger charge is -2.35. The number of benzene rings is 4. The summed E-state index contributed by atoms with van der Waals surface area (Å²) >= 11 is 7.13. The van der Waals surface area contributed by atoms with Crippen molar-refractivity contribution in [1.29, 1.82) is 5.26 Å². The van der Waals surface area contributed by atoms with Gasteiger partial charge in [0.25, 0.3) is 11.8 Å². The van der Waals surface area contributed by atoms with Crippen LogP contribution < -0.4 is 24.6 Å². The minimum atomic E-state index is -4.81. The van der Waals surface area contributed by atoms with Crippen molar-refractivity contribution in [2.45, 2.75) is 84.0 Å². The molecule has 2 saturated heterocycles. The number of thiazole rings is 1. The average Bonchev–Trinajstić information content (AvgIpc) is 4.14. The molecule has 75 heavy (non-hydrogen) atoms. The highest BCUT2D eigenvalue weighted by Crippen LogP contribution is 2.40. The van der Waals surface area contributed by atoms with Crippen molar-refractivity contribution >= 4 is 63.7 Å². The number of anilines is 2. The fourth-order valence-corrected chi connectivity index (χ4v) is 10.8. The number of β-amino-alcohol motifs (C(OH)–C–C–N with tert-alkyl or cyclic N) is 1. The zero-order valence-electron chi connectivity index (χ0n) is 41.9. The van der Waals surface area contributed by atoms with Crippen LogP contribution in [0.2, 0.25) is 0 Å². The Kier molecular flexibility index (Phi) is 16.6. The van der Waals surface area contributed by atoms with Crippen LogP contribution in [0.5, 0.6) is 11.5 Å². The van der Waals surface area contributed by atoms with E-state index in [1.807, 2.05) is 51.1 Å². The lowest BCUT2D eigenvalue weighted by molar-refractivity contribution is -0.143. The number of nitriles is 1. The van der Waals surface area contributed by atoms with E-state index in [2.05, 4.69) is 10.3 Å². The third kappa shape index (κ3) is 11.6. The van der Waals surface area contributed by atoms with Crippen molar-refractivity contribution < 1.29 is 56.4 Å². The molecule has 0 bridgehead atoms. The third-order valence-corrected chi connectivity index (χ3v) is 14.6. The number of halogens is 3. The standard InChI is InChI=1S/C54H56F3N7O9S2/c1-32(2)46(62-29-37-8-6-7-9-42(37)49(62)67)50(68)61-30-40(65)26-44(61)48(66)59-28-36-11-10-34(47-33(3)60-31-75-47)24-45(36)73-23-21-71-19-18-70-20-22-72-41-16-14-38(15-17-41)64-52(74)63(51(69)53(64,4)5)39-13-12-35(27-58)43(25-39)54(55,56)57/h6-17,24-25,31-32,40,44,46,65H,18-23,26,28-30H2,1-5H3,(H,59,66)/t40-,44?,46+/m1/s1. The maximum absolute atomic E-state index is 14.3. The van der Waals surface area contributed by atoms with Crippen molar-refractivity contribution in [3.05, 3.63) is 124 Å². The number of aliphatic hydroxyl groups excluding tert-OH is 1. The zero-order valence-corrected chi connectivity index (χ0v) is 43.5. The summed E-state index contributed by atoms with van der Waals surface area (Å²) in [4.78, 5) is 66.1. The van der Waals surface area contributed by atoms with Gasteiger partial charge in [0.1, 0.15) is 42.3 Å². The predicted octanol–water partition coefficient (Wildman–Crippen LogP) is 7.68. The van der Waals surface area contributed by atoms with Gasteiger partial charge in [0, 0.05) is 42.9 Å². The second-order valence-corrected chi connectivity index (χ2v) is 20.3. The van der Waals surface area contributed by atoms with E-state index in [0.717, 1.165) is 38.7 Å². The molecule has 2 fully saturated rings. The molecular weight excluding hydrogens is 1010 g/mol. The summed E-state index contributed by atoms with van der Waals surface area (Å²) in [5.41, 5.74) is 3.04. The Morgan fingerprint density at radius 1 is 0.947 bits per heavy atom. The number of aliphatic hydroxyl groups is 1. The molecule has 394 valence electrons. The van der Waals surface area contributed by atoms with Gasteiger partial charge in [-0.1, -0.05) is 44.2 Å². The molecule has 5 aromatic rings. The number of hydrogen-bond acceptors (Lipinski definition) is 13. The molecule has 4 aromatic carbocycles. The predicted molar refractivity (Wildman–Crippen MR) is 277 cm³/mol. The molecule has 4 heterocycles. The Labute approximate surface area is 441 Å². The summed E-state index contributed by atoms with van der Waals surface area (Å²) in [5, 5.41) is 22.9. The first kappa shape index (κ1) is 54.3. The van der Waals surface area contributed by atoms with E-state index in [9.17, 15) is 42.7 Å². The number of hydrogen-bond donors (Lipinski definition) is 2. The topological polar surface area (TPSA) is 187 Å². The maximum atomic E-state index is 14.3. The molecule has 2 N–H and O–H groups in total. The average molecular weight is 1070 g/mol. The Balaban J connectivity index is 0.797. The number of rotatable bonds is 20. The molecule has 3 aliphatic rings. The number of nitrogens with one attached hydrogen (secondary N) is 1. The van der Waals surface area contributed by atoms with E-state index < -0.39 is 52.8 Å². The Bertz CT molecular complexity index is 3000. The third-order valence-electron chi connectivity index (χ3n) is 13.3. The normalized spacial score (nSPS) is 17.7. The van der Waals surface area contributed by atoms with E-state index in [1.165, 1.54) is 22.3 Å². The zero-order chi connectivity index (χ0) is 53.8. The summed E-state index contributed by atoms with van der Waals surface area (Å²) in [7, 11) is 0. The first-order chi connectivity index (χ1) is 35.8. The number of thiocarbonyl (C=S) groups is 1. The molecule has 1 unspecified atom stereocenters. The van der Waals surface area contributed by atoms with Crippen molar-refractivity contribution in [1.82, 2.24) is 20.1 Å². The van der Waals surface area contributed by atoms with E-state index in [0.29, 0.717) is 28.3 Å². The number of aromatic nitrogens is 1. The van der Waals surface area contributed by atoms with E-state index in [1.54, 1.807) is 71.6 Å². The molecule has 0 saturated carbocycles. The van der Waals surface area contributed by atoms with Crippen LogP contribution in [0.25, 0.3) is 10.4 Å². The number of amides is 4. The fraction of sp³-hybridized carbons (Fsp3) is 0.389. The van der Waals surface area contributed by atoms with Gasteiger partial charge in [0.15, 0.2) is 5.11 Å². The first-order valence-electron chi connectivity index (χ1n) is 24.3. The number of ether oxygens (including phenoxy) is 4. The number of aryl methyl sites for hydroxylation is 1. The number of nitrogens with zero attached hydrogens (tertiary/aromatic N) is 6. The number of likely N-dealkylation sites (tertiary alicyclic amines) is 1. The number of fused-ring (bicyclic) bond motifs is 1. The SMILES string of the molecule is Cc1ncsc1-c1ccc(CNC(=O)C2C[C@@H](O)CN2C(=O)[C@H](C(C)C)N2Cc3ccccc3C2=O)c(OCCOCCOCCOc2ccc(N3C(=S)N(c4ccc(C#N)c(C(F)(F)F)c4)C(=O)C3(C)C)cc2)c1. The van der Waals surface area contributed by atoms with E-state index in [-0.39, 0.29) is 94.2 Å². The molecule has 21 heteroatoms. The summed E-state index contributed by atoms with van der Waals surface area (Å²) in [6.07, 6.45) is -5.67. The van der Waals surface area contributed by atoms with Crippen molar-refractivity contribution in [2.75, 3.05) is 56.0 Å². The van der Waals surface area contributed by atoms with Crippen LogP contribution in [0.1, 0.15) is 72.4 Å². The summed E-state index contributed by atoms with van der Waals surface area (Å²) in [6, 6.07) is 22.5. The molecule has 8 rings (SSSR count). The van der Waals surface area contributed by atoms with Crippen LogP contribution in [0.3, 0.4) is 0 Å². The van der Waals surface area contributed by atoms with Crippen LogP contribution in [0.15, 0.2) is 90.4 Å². The molecule has 16 nitrogen and oxygen atoms in total. The Hall–Kier alpha value is -6.96. The number of alkyl halides is 3. The molecular formula is C54H56F3N7O9S2. The number of carbonyl (C=O) groups is 4. The minimum Gasteiger partial charge on any atom is -0.491 e. The summed E-state index contributed by atoms with van der Waals surface area (Å²) < 4.78 is 64.9. The van der Waals surface area contributed by atoms with Crippen molar-refractivity contribution in [2.24, 2.45) is 5.92 Å². The van der Waals surface area contributed by atoms with Crippen LogP contribution in [0.4, 0.5) is 24.5 Å². The lowest BCUT2D eigenvalue weighted by Crippen LogP contribution is -2.55. The number of carbonyl (C=O) groups excluding carboxylic acids is 4. The quantitative estimate of drug-likeness (QED) is 0.0572. The van der Waals surface area contributed by atoms with Gasteiger partial charge >= 0.3 is 6.18 Å². The second-order valence-electron chi connectivity index (χ2n) is 19.1. The van der Waals surface area contributed by atoms with Crippen LogP contribution >= 0.6 is 23.6 Å². The van der Waals surface area contributed by atoms with Gasteiger partial charge in [0.05, 0.1) is 71.5 Å². The molecule has 1 aromatic heterocycles. The molecule has 3 atom stereocenters. The smallest absolute Gasteiger partial charge is 0.417 e. The van der Waals surface area contributed by atoms with Crippen molar-refractivity contribution in [3.63, 3.8) is 0 Å². The second kappa shape index (κ2) is 22.9. The van der Waals surface area contributed by atoms with Crippen LogP contribution in [-0.4, -0.2) is 119 Å². The summed E-state index contributed by atoms with van der Waals surface area (Å²) in [5.74, 6) is -0.821. The van der Waals surface area contributed by atoms with E-state index >= 15 is 0 Å². The van der Waals surface area contributed by atoms with Gasteiger partial charge in [-0.15, -0.1) is 11.3 Å². The van der Waals surface area contributed by atoms with Gasteiger partial charge in [-0.3, -0.25) is 24.1 Å². The highest BCUT2D eigenvalue weighted by Gasteiger charge is 2.51. The van der Waals surface area contributed by atoms with Crippen LogP contribution in [-0.2, 0) is 43.1 Å². The molecule has 0 spiro atoms. The molecule has 3 aliphatic heterocycles. The minimum absolute atomic E-state index is 0.0206. The molecule has 4 amide bonds. The highest BCUT2D eigenvalue weighted by atomic mass is 32.1. The van der Waals surface area contributed by atoms with Crippen LogP contribution in [0, 0.1) is 24.2 Å². The molecule has 0 aliphatic carbocycles. The summed E-state index contributed by atoms with van der Waals surface area (Å²) in [6.45, 7) is 10.6. The Morgan fingerprint density at radius 3 is 2.28 bits per heavy atom. The van der Waals surface area contributed by atoms with Gasteiger partial charge in [-0.25, -0.2) is 4.98 Å². The monoisotopic (exact) mass is 1070 g/mol.